The zero-order valence-electron chi connectivity index (χ0n) is 9.14. The minimum absolute atomic E-state index is 0.0825. The van der Waals surface area contributed by atoms with Crippen molar-refractivity contribution in [1.82, 2.24) is 20.2 Å². The minimum Gasteiger partial charge on any atom is -0.381 e. The van der Waals surface area contributed by atoms with Gasteiger partial charge in [0.05, 0.1) is 20.1 Å². The fraction of sp³-hybridized carbons (Fsp3) is 0.778. The maximum Gasteiger partial charge on any atom is 0.182 e. The van der Waals surface area contributed by atoms with Crippen LogP contribution in [0.2, 0.25) is 0 Å². The van der Waals surface area contributed by atoms with Crippen LogP contribution in [0.5, 0.6) is 0 Å². The largest absolute Gasteiger partial charge is 0.381 e. The second-order valence-electron chi connectivity index (χ2n) is 3.27. The summed E-state index contributed by atoms with van der Waals surface area (Å²) in [6.45, 7) is 3.22. The molecule has 0 spiro atoms. The monoisotopic (exact) mass is 212 g/mol. The third-order valence-corrected chi connectivity index (χ3v) is 1.78. The fourth-order valence-electron chi connectivity index (χ4n) is 1.09. The van der Waals surface area contributed by atoms with Crippen LogP contribution < -0.4 is 0 Å². The molecule has 0 aliphatic heterocycles. The molecule has 0 fully saturated rings. The summed E-state index contributed by atoms with van der Waals surface area (Å²) in [4.78, 5) is 12.7. The molecule has 0 unspecified atom stereocenters. The Morgan fingerprint density at radius 1 is 1.47 bits per heavy atom. The van der Waals surface area contributed by atoms with Gasteiger partial charge in [0.15, 0.2) is 5.82 Å². The molecule has 0 aromatic carbocycles. The number of hydrogen-bond acceptors (Lipinski definition) is 5. The van der Waals surface area contributed by atoms with Gasteiger partial charge in [-0.2, -0.15) is 4.80 Å². The molecule has 84 valence electrons. The van der Waals surface area contributed by atoms with E-state index in [2.05, 4.69) is 15.4 Å². The van der Waals surface area contributed by atoms with Crippen molar-refractivity contribution >= 4 is 5.78 Å². The second kappa shape index (κ2) is 6.23. The normalized spacial score (nSPS) is 10.5. The summed E-state index contributed by atoms with van der Waals surface area (Å²) in [5, 5.41) is 11.3. The van der Waals surface area contributed by atoms with E-state index in [0.29, 0.717) is 25.5 Å². The highest BCUT2D eigenvalue weighted by Gasteiger charge is 2.07. The van der Waals surface area contributed by atoms with Crippen molar-refractivity contribution < 1.29 is 9.53 Å². The maximum absolute atomic E-state index is 11.4. The van der Waals surface area contributed by atoms with Gasteiger partial charge in [-0.15, -0.1) is 10.2 Å². The number of carbonyl (C=O) groups is 1. The van der Waals surface area contributed by atoms with Crippen LogP contribution >= 0.6 is 0 Å². The highest BCUT2D eigenvalue weighted by Crippen LogP contribution is 1.94. The number of Topliss-reactive ketones (excluding diaryl/α,β-unsaturated/α-hetero) is 1. The molecule has 0 aliphatic rings. The molecule has 1 rings (SSSR count). The first kappa shape index (κ1) is 11.8. The van der Waals surface area contributed by atoms with Crippen molar-refractivity contribution in [3.8, 4) is 0 Å². The van der Waals surface area contributed by atoms with Gasteiger partial charge < -0.3 is 4.74 Å². The Hall–Kier alpha value is -1.30. The van der Waals surface area contributed by atoms with Gasteiger partial charge in [-0.25, -0.2) is 0 Å². The lowest BCUT2D eigenvalue weighted by Crippen LogP contribution is -2.09. The highest BCUT2D eigenvalue weighted by atomic mass is 16.5. The predicted octanol–water partition coefficient (Wildman–Crippen LogP) is 0.138. The molecule has 0 bridgehead atoms. The summed E-state index contributed by atoms with van der Waals surface area (Å²) in [6, 6.07) is 0. The second-order valence-corrected chi connectivity index (χ2v) is 3.27. The van der Waals surface area contributed by atoms with E-state index in [9.17, 15) is 4.79 Å². The van der Waals surface area contributed by atoms with E-state index in [1.165, 1.54) is 4.80 Å². The van der Waals surface area contributed by atoms with Crippen LogP contribution in [0.25, 0.3) is 0 Å². The maximum atomic E-state index is 11.4. The standard InChI is InChI=1S/C9H16N4O2/c1-3-5-15-6-4-8(14)7-9-10-12-13(2)11-9/h3-7H2,1-2H3. The lowest BCUT2D eigenvalue weighted by molar-refractivity contribution is -0.119. The predicted molar refractivity (Wildman–Crippen MR) is 53.2 cm³/mol. The average molecular weight is 212 g/mol. The molecule has 1 aromatic rings. The Balaban J connectivity index is 2.18. The minimum atomic E-state index is 0.0825. The molecule has 0 amide bonds. The SMILES string of the molecule is CCCOCCC(=O)Cc1nnn(C)n1. The lowest BCUT2D eigenvalue weighted by Gasteiger charge is -2.00. The molecule has 6 nitrogen and oxygen atoms in total. The van der Waals surface area contributed by atoms with Gasteiger partial charge in [0.1, 0.15) is 5.78 Å². The number of rotatable bonds is 7. The number of aryl methyl sites for hydroxylation is 1. The van der Waals surface area contributed by atoms with E-state index < -0.39 is 0 Å². The van der Waals surface area contributed by atoms with Crippen molar-refractivity contribution in [3.63, 3.8) is 0 Å². The van der Waals surface area contributed by atoms with Gasteiger partial charge in [0.2, 0.25) is 0 Å². The van der Waals surface area contributed by atoms with E-state index in [0.717, 1.165) is 6.42 Å². The Morgan fingerprint density at radius 3 is 2.87 bits per heavy atom. The molecule has 0 N–H and O–H groups in total. The van der Waals surface area contributed by atoms with Crippen molar-refractivity contribution in [2.45, 2.75) is 26.2 Å². The van der Waals surface area contributed by atoms with Gasteiger partial charge >= 0.3 is 0 Å². The summed E-state index contributed by atoms with van der Waals surface area (Å²) >= 11 is 0. The van der Waals surface area contributed by atoms with Gasteiger partial charge in [-0.3, -0.25) is 4.79 Å². The van der Waals surface area contributed by atoms with E-state index in [-0.39, 0.29) is 12.2 Å². The molecule has 0 aliphatic carbocycles. The molecule has 15 heavy (non-hydrogen) atoms. The number of aromatic nitrogens is 4. The number of nitrogens with zero attached hydrogens (tertiary/aromatic N) is 4. The topological polar surface area (TPSA) is 69.9 Å². The van der Waals surface area contributed by atoms with Crippen LogP contribution in [0, 0.1) is 0 Å². The first-order chi connectivity index (χ1) is 7.22. The molecule has 0 atom stereocenters. The third-order valence-electron chi connectivity index (χ3n) is 1.78. The number of tetrazole rings is 1. The highest BCUT2D eigenvalue weighted by molar-refractivity contribution is 5.80. The summed E-state index contributed by atoms with van der Waals surface area (Å²) in [6.07, 6.45) is 1.63. The first-order valence-electron chi connectivity index (χ1n) is 5.04. The molecular weight excluding hydrogens is 196 g/mol. The summed E-state index contributed by atoms with van der Waals surface area (Å²) in [5.41, 5.74) is 0. The molecule has 6 heteroatoms. The molecule has 1 heterocycles. The van der Waals surface area contributed by atoms with Crippen LogP contribution in [0.15, 0.2) is 0 Å². The van der Waals surface area contributed by atoms with Gasteiger partial charge in [0, 0.05) is 13.0 Å². The summed E-state index contributed by atoms with van der Waals surface area (Å²) in [7, 11) is 1.67. The van der Waals surface area contributed by atoms with Gasteiger partial charge in [0.25, 0.3) is 0 Å². The lowest BCUT2D eigenvalue weighted by atomic mass is 10.2. The molecule has 0 saturated carbocycles. The first-order valence-corrected chi connectivity index (χ1v) is 5.04. The zero-order chi connectivity index (χ0) is 11.1. The molecular formula is C9H16N4O2. The van der Waals surface area contributed by atoms with Crippen LogP contribution in [0.4, 0.5) is 0 Å². The van der Waals surface area contributed by atoms with E-state index in [1.807, 2.05) is 6.92 Å². The van der Waals surface area contributed by atoms with E-state index >= 15 is 0 Å². The van der Waals surface area contributed by atoms with E-state index in [1.54, 1.807) is 7.05 Å². The Labute approximate surface area is 88.6 Å². The number of hydrogen-bond donors (Lipinski definition) is 0. The Morgan fingerprint density at radius 2 is 2.27 bits per heavy atom. The van der Waals surface area contributed by atoms with Crippen LogP contribution in [0.1, 0.15) is 25.6 Å². The third kappa shape index (κ3) is 4.64. The number of ether oxygens (including phenoxy) is 1. The Kier molecular flexibility index (Phi) is 4.89. The Bertz CT molecular complexity index is 311. The smallest absolute Gasteiger partial charge is 0.182 e. The van der Waals surface area contributed by atoms with Crippen molar-refractivity contribution in [1.29, 1.82) is 0 Å². The van der Waals surface area contributed by atoms with Crippen molar-refractivity contribution in [2.75, 3.05) is 13.2 Å². The van der Waals surface area contributed by atoms with Crippen LogP contribution in [-0.4, -0.2) is 39.2 Å². The average Bonchev–Trinajstić information content (AvgIpc) is 2.59. The van der Waals surface area contributed by atoms with Crippen molar-refractivity contribution in [2.24, 2.45) is 7.05 Å². The fourth-order valence-corrected chi connectivity index (χ4v) is 1.09. The van der Waals surface area contributed by atoms with Crippen LogP contribution in [0.3, 0.4) is 0 Å². The van der Waals surface area contributed by atoms with Gasteiger partial charge in [-0.1, -0.05) is 6.92 Å². The van der Waals surface area contributed by atoms with Crippen LogP contribution in [-0.2, 0) is 23.0 Å². The van der Waals surface area contributed by atoms with Gasteiger partial charge in [-0.05, 0) is 11.6 Å². The summed E-state index contributed by atoms with van der Waals surface area (Å²) < 4.78 is 5.21. The molecule has 1 aromatic heterocycles. The van der Waals surface area contributed by atoms with E-state index in [4.69, 9.17) is 4.74 Å². The molecule has 0 radical (unpaired) electrons. The number of carbonyl (C=O) groups excluding carboxylic acids is 1. The number of ketones is 1. The zero-order valence-corrected chi connectivity index (χ0v) is 9.14. The molecule has 0 saturated heterocycles. The van der Waals surface area contributed by atoms with Crippen molar-refractivity contribution in [3.05, 3.63) is 5.82 Å². The summed E-state index contributed by atoms with van der Waals surface area (Å²) in [5.74, 6) is 0.553. The quantitative estimate of drug-likeness (QED) is 0.601.